The first-order valence-electron chi connectivity index (χ1n) is 8.05. The summed E-state index contributed by atoms with van der Waals surface area (Å²) in [6.07, 6.45) is 3.13. The van der Waals surface area contributed by atoms with Gasteiger partial charge in [-0.2, -0.15) is 9.77 Å². The largest absolute Gasteiger partial charge is 0.507 e. The van der Waals surface area contributed by atoms with Crippen LogP contribution in [0.1, 0.15) is 11.3 Å². The first-order valence-corrected chi connectivity index (χ1v) is 9.61. The lowest BCUT2D eigenvalue weighted by Crippen LogP contribution is -2.45. The zero-order valence-corrected chi connectivity index (χ0v) is 15.6. The number of rotatable bonds is 3. The number of aromatic hydroxyl groups is 1. The van der Waals surface area contributed by atoms with E-state index >= 15 is 0 Å². The fraction of sp³-hybridized carbons (Fsp3) is 0.111. The molecule has 9 heteroatoms. The van der Waals surface area contributed by atoms with Gasteiger partial charge in [0.2, 0.25) is 4.77 Å². The molecule has 0 unspecified atom stereocenters. The number of hydrogen-bond acceptors (Lipinski definition) is 6. The number of nitrogens with one attached hydrogen (secondary N) is 1. The predicted octanol–water partition coefficient (Wildman–Crippen LogP) is 2.50. The molecule has 0 spiro atoms. The number of nitrogens with zero attached hydrogens (tertiary/aromatic N) is 3. The summed E-state index contributed by atoms with van der Waals surface area (Å²) < 4.78 is 1.19. The number of aromatic nitrogens is 3. The number of phenols is 1. The molecule has 0 atom stereocenters. The highest BCUT2D eigenvalue weighted by atomic mass is 32.2. The average molecular weight is 398 g/mol. The molecule has 1 fully saturated rings. The van der Waals surface area contributed by atoms with Crippen molar-refractivity contribution < 1.29 is 9.90 Å². The van der Waals surface area contributed by atoms with Crippen LogP contribution < -0.4 is 10.6 Å². The van der Waals surface area contributed by atoms with Crippen molar-refractivity contribution in [2.75, 3.05) is 16.6 Å². The van der Waals surface area contributed by atoms with Crippen LogP contribution in [0.2, 0.25) is 0 Å². The number of aromatic amines is 1. The van der Waals surface area contributed by atoms with Crippen LogP contribution in [0, 0.1) is 4.77 Å². The Kier molecular flexibility index (Phi) is 4.54. The first kappa shape index (κ1) is 17.5. The van der Waals surface area contributed by atoms with Gasteiger partial charge in [-0.25, -0.2) is 5.01 Å². The smallest absolute Gasteiger partial charge is 0.299 e. The van der Waals surface area contributed by atoms with Crippen LogP contribution in [0.15, 0.2) is 41.2 Å². The van der Waals surface area contributed by atoms with Crippen LogP contribution in [-0.2, 0) is 4.79 Å². The lowest BCUT2D eigenvalue weighted by molar-refractivity contribution is -0.117. The van der Waals surface area contributed by atoms with Gasteiger partial charge >= 0.3 is 0 Å². The van der Waals surface area contributed by atoms with Crippen LogP contribution in [0.25, 0.3) is 22.9 Å². The van der Waals surface area contributed by atoms with Crippen molar-refractivity contribution in [1.29, 1.82) is 0 Å². The van der Waals surface area contributed by atoms with Crippen molar-refractivity contribution >= 4 is 52.8 Å². The number of benzene rings is 2. The Morgan fingerprint density at radius 1 is 1.19 bits per heavy atom. The first-order chi connectivity index (χ1) is 13.1. The molecule has 27 heavy (non-hydrogen) atoms. The van der Waals surface area contributed by atoms with Crippen LogP contribution in [0.3, 0.4) is 0 Å². The highest BCUT2D eigenvalue weighted by Crippen LogP contribution is 2.28. The van der Waals surface area contributed by atoms with Gasteiger partial charge in [0.15, 0.2) is 5.69 Å². The van der Waals surface area contributed by atoms with Crippen LogP contribution in [0.5, 0.6) is 5.75 Å². The Morgan fingerprint density at radius 3 is 2.78 bits per heavy atom. The van der Waals surface area contributed by atoms with Crippen LogP contribution in [-0.4, -0.2) is 37.5 Å². The fourth-order valence-corrected chi connectivity index (χ4v) is 3.96. The number of carbonyl (C=O) groups is 1. The third-order valence-electron chi connectivity index (χ3n) is 4.20. The molecule has 7 nitrogen and oxygen atoms in total. The Morgan fingerprint density at radius 2 is 2.00 bits per heavy atom. The summed E-state index contributed by atoms with van der Waals surface area (Å²) in [5.41, 5.74) is 0.169. The Labute approximate surface area is 162 Å². The Bertz CT molecular complexity index is 1200. The van der Waals surface area contributed by atoms with Crippen molar-refractivity contribution in [2.24, 2.45) is 0 Å². The van der Waals surface area contributed by atoms with Gasteiger partial charge in [0, 0.05) is 5.56 Å². The molecule has 1 amide bonds. The van der Waals surface area contributed by atoms with Gasteiger partial charge in [-0.05, 0) is 41.2 Å². The predicted molar refractivity (Wildman–Crippen MR) is 109 cm³/mol. The van der Waals surface area contributed by atoms with Crippen molar-refractivity contribution in [3.05, 3.63) is 62.8 Å². The van der Waals surface area contributed by atoms with Gasteiger partial charge < -0.3 is 5.11 Å². The number of H-pyrrole nitrogens is 1. The minimum atomic E-state index is -0.495. The van der Waals surface area contributed by atoms with E-state index in [-0.39, 0.29) is 22.1 Å². The van der Waals surface area contributed by atoms with Gasteiger partial charge in [-0.1, -0.05) is 30.3 Å². The summed E-state index contributed by atoms with van der Waals surface area (Å²) in [4.78, 5) is 24.8. The van der Waals surface area contributed by atoms with Gasteiger partial charge in [0.25, 0.3) is 11.5 Å². The van der Waals surface area contributed by atoms with E-state index in [4.69, 9.17) is 12.2 Å². The quantitative estimate of drug-likeness (QED) is 0.659. The maximum Gasteiger partial charge on any atom is 0.299 e. The summed E-state index contributed by atoms with van der Waals surface area (Å²) >= 11 is 6.53. The molecule has 1 aromatic heterocycles. The highest BCUT2D eigenvalue weighted by Gasteiger charge is 2.25. The van der Waals surface area contributed by atoms with E-state index in [1.54, 1.807) is 12.1 Å². The summed E-state index contributed by atoms with van der Waals surface area (Å²) in [6, 6.07) is 11.0. The molecule has 136 valence electrons. The Hall–Kier alpha value is -2.91. The molecule has 2 heterocycles. The second-order valence-electron chi connectivity index (χ2n) is 5.85. The molecule has 1 aliphatic heterocycles. The minimum absolute atomic E-state index is 0.0565. The van der Waals surface area contributed by atoms with E-state index in [0.29, 0.717) is 17.2 Å². The van der Waals surface area contributed by atoms with Gasteiger partial charge in [-0.15, -0.1) is 11.8 Å². The molecule has 0 saturated carbocycles. The number of fused-ring (bicyclic) bond motifs is 1. The zero-order valence-electron chi connectivity index (χ0n) is 14.0. The van der Waals surface area contributed by atoms with Gasteiger partial charge in [-0.3, -0.25) is 14.7 Å². The molecule has 0 bridgehead atoms. The van der Waals surface area contributed by atoms with E-state index in [9.17, 15) is 14.7 Å². The summed E-state index contributed by atoms with van der Waals surface area (Å²) in [5, 5.41) is 19.9. The number of amides is 1. The van der Waals surface area contributed by atoms with E-state index in [2.05, 4.69) is 10.2 Å². The SMILES string of the molecule is O=C1CSCN1n1c(=S)[nH]nc(/C=C\c2c(O)ccc3ccccc23)c1=O. The number of phenolic OH excluding ortho intramolecular Hbond substituents is 1. The maximum atomic E-state index is 12.8. The van der Waals surface area contributed by atoms with Gasteiger partial charge in [0.05, 0.1) is 11.6 Å². The van der Waals surface area contributed by atoms with Crippen molar-refractivity contribution in [3.63, 3.8) is 0 Å². The van der Waals surface area contributed by atoms with E-state index < -0.39 is 5.56 Å². The van der Waals surface area contributed by atoms with E-state index in [1.165, 1.54) is 22.8 Å². The minimum Gasteiger partial charge on any atom is -0.507 e. The van der Waals surface area contributed by atoms with E-state index in [0.717, 1.165) is 15.4 Å². The summed E-state index contributed by atoms with van der Waals surface area (Å²) in [6.45, 7) is 0. The molecular formula is C18H14N4O3S2. The molecule has 3 aromatic rings. The highest BCUT2D eigenvalue weighted by molar-refractivity contribution is 8.00. The Balaban J connectivity index is 1.80. The van der Waals surface area contributed by atoms with Crippen molar-refractivity contribution in [2.45, 2.75) is 0 Å². The molecule has 1 saturated heterocycles. The lowest BCUT2D eigenvalue weighted by atomic mass is 10.0. The summed E-state index contributed by atoms with van der Waals surface area (Å²) in [5.74, 6) is 0.571. The second-order valence-corrected chi connectivity index (χ2v) is 7.20. The topological polar surface area (TPSA) is 91.2 Å². The second kappa shape index (κ2) is 7.01. The number of carbonyl (C=O) groups excluding carboxylic acids is 1. The molecular weight excluding hydrogens is 384 g/mol. The lowest BCUT2D eigenvalue weighted by Gasteiger charge is -2.16. The van der Waals surface area contributed by atoms with Crippen molar-refractivity contribution in [1.82, 2.24) is 14.9 Å². The molecule has 4 rings (SSSR count). The summed E-state index contributed by atoms with van der Waals surface area (Å²) in [7, 11) is 0. The molecule has 0 aliphatic carbocycles. The average Bonchev–Trinajstić information content (AvgIpc) is 3.08. The van der Waals surface area contributed by atoms with Crippen LogP contribution in [0.4, 0.5) is 0 Å². The fourth-order valence-electron chi connectivity index (χ4n) is 2.89. The molecule has 0 radical (unpaired) electrons. The standard InChI is InChI=1S/C18H14N4O3S2/c23-15-8-5-11-3-1-2-4-12(11)13(15)6-7-14-17(25)22(18(26)20-19-14)21-10-27-9-16(21)24/h1-8,23H,9-10H2,(H,20,26)/b7-6-. The van der Waals surface area contributed by atoms with E-state index in [1.807, 2.05) is 30.3 Å². The normalized spacial score (nSPS) is 14.5. The third kappa shape index (κ3) is 3.15. The zero-order chi connectivity index (χ0) is 19.0. The third-order valence-corrected chi connectivity index (χ3v) is 5.34. The maximum absolute atomic E-state index is 12.8. The van der Waals surface area contributed by atoms with Gasteiger partial charge in [0.1, 0.15) is 5.75 Å². The monoisotopic (exact) mass is 398 g/mol. The molecule has 2 aromatic carbocycles. The molecule has 2 N–H and O–H groups in total. The molecule has 1 aliphatic rings. The number of hydrogen-bond donors (Lipinski definition) is 2. The van der Waals surface area contributed by atoms with Crippen LogP contribution >= 0.6 is 24.0 Å². The van der Waals surface area contributed by atoms with Crippen molar-refractivity contribution in [3.8, 4) is 5.75 Å². The number of thioether (sulfide) groups is 1.